The van der Waals surface area contributed by atoms with Gasteiger partial charge in [0.25, 0.3) is 0 Å². The summed E-state index contributed by atoms with van der Waals surface area (Å²) in [6, 6.07) is 13.2. The monoisotopic (exact) mass is 267 g/mol. The lowest BCUT2D eigenvalue weighted by atomic mass is 10.1. The second-order valence-electron chi connectivity index (χ2n) is 4.29. The number of nitriles is 1. The first-order chi connectivity index (χ1) is 9.61. The van der Waals surface area contributed by atoms with Crippen molar-refractivity contribution >= 4 is 11.8 Å². The van der Waals surface area contributed by atoms with E-state index in [0.717, 1.165) is 0 Å². The number of aromatic nitrogens is 1. The van der Waals surface area contributed by atoms with Crippen molar-refractivity contribution in [1.82, 2.24) is 4.98 Å². The molecular weight excluding hydrogens is 254 g/mol. The molecule has 100 valence electrons. The molecule has 0 bridgehead atoms. The summed E-state index contributed by atoms with van der Waals surface area (Å²) in [6.07, 6.45) is 0. The number of carboxylic acid groups (broad SMARTS) is 1. The normalized spacial score (nSPS) is 11.4. The number of carbonyl (C=O) groups is 1. The fourth-order valence-corrected chi connectivity index (χ4v) is 1.83. The number of hydrogen-bond donors (Lipinski definition) is 2. The predicted molar refractivity (Wildman–Crippen MR) is 74.1 cm³/mol. The number of hydrogen-bond acceptors (Lipinski definition) is 4. The summed E-state index contributed by atoms with van der Waals surface area (Å²) in [5.74, 6) is -0.743. The van der Waals surface area contributed by atoms with Crippen LogP contribution in [-0.2, 0) is 4.79 Å². The Morgan fingerprint density at radius 1 is 1.30 bits per heavy atom. The molecule has 0 fully saturated rings. The van der Waals surface area contributed by atoms with E-state index in [1.165, 1.54) is 0 Å². The summed E-state index contributed by atoms with van der Waals surface area (Å²) in [6.45, 7) is 1.78. The molecule has 2 N–H and O–H groups in total. The maximum absolute atomic E-state index is 11.4. The van der Waals surface area contributed by atoms with Crippen molar-refractivity contribution in [1.29, 1.82) is 5.26 Å². The third kappa shape index (κ3) is 2.93. The highest BCUT2D eigenvalue weighted by molar-refractivity contribution is 5.79. The molecule has 2 rings (SSSR count). The van der Waals surface area contributed by atoms with Crippen LogP contribution >= 0.6 is 0 Å². The van der Waals surface area contributed by atoms with Crippen LogP contribution < -0.4 is 5.32 Å². The Labute approximate surface area is 116 Å². The zero-order chi connectivity index (χ0) is 14.5. The van der Waals surface area contributed by atoms with E-state index >= 15 is 0 Å². The standard InChI is InChI=1S/C15H13N3O2/c1-10-7-8-12(9-16)14(17-10)18-13(15(19)20)11-5-3-2-4-6-11/h2-8,13H,1H3,(H,17,18)(H,19,20). The lowest BCUT2D eigenvalue weighted by molar-refractivity contribution is -0.138. The Balaban J connectivity index is 2.37. The third-order valence-corrected chi connectivity index (χ3v) is 2.82. The van der Waals surface area contributed by atoms with E-state index in [1.54, 1.807) is 43.3 Å². The van der Waals surface area contributed by atoms with Gasteiger partial charge < -0.3 is 10.4 Å². The van der Waals surface area contributed by atoms with Crippen LogP contribution in [0.4, 0.5) is 5.82 Å². The Morgan fingerprint density at radius 2 is 2.00 bits per heavy atom. The average Bonchev–Trinajstić information content (AvgIpc) is 2.45. The van der Waals surface area contributed by atoms with E-state index in [4.69, 9.17) is 5.26 Å². The van der Waals surface area contributed by atoms with Gasteiger partial charge in [0.2, 0.25) is 0 Å². The molecule has 0 aliphatic heterocycles. The number of nitrogens with one attached hydrogen (secondary N) is 1. The zero-order valence-electron chi connectivity index (χ0n) is 10.9. The van der Waals surface area contributed by atoms with Gasteiger partial charge in [-0.3, -0.25) is 0 Å². The fourth-order valence-electron chi connectivity index (χ4n) is 1.83. The van der Waals surface area contributed by atoms with Gasteiger partial charge in [-0.1, -0.05) is 30.3 Å². The molecule has 5 heteroatoms. The Hall–Kier alpha value is -2.87. The van der Waals surface area contributed by atoms with Gasteiger partial charge in [0.15, 0.2) is 6.04 Å². The number of carboxylic acids is 1. The molecule has 0 spiro atoms. The Kier molecular flexibility index (Phi) is 3.96. The molecule has 0 saturated carbocycles. The number of nitrogens with zero attached hydrogens (tertiary/aromatic N) is 2. The summed E-state index contributed by atoms with van der Waals surface area (Å²) < 4.78 is 0. The van der Waals surface area contributed by atoms with Crippen molar-refractivity contribution in [2.24, 2.45) is 0 Å². The summed E-state index contributed by atoms with van der Waals surface area (Å²) in [5, 5.41) is 21.2. The molecule has 0 amide bonds. The summed E-state index contributed by atoms with van der Waals surface area (Å²) in [5.41, 5.74) is 1.63. The van der Waals surface area contributed by atoms with Crippen molar-refractivity contribution in [3.05, 3.63) is 59.3 Å². The van der Waals surface area contributed by atoms with E-state index in [2.05, 4.69) is 10.3 Å². The summed E-state index contributed by atoms with van der Waals surface area (Å²) in [7, 11) is 0. The molecule has 1 unspecified atom stereocenters. The maximum Gasteiger partial charge on any atom is 0.330 e. The minimum Gasteiger partial charge on any atom is -0.479 e. The van der Waals surface area contributed by atoms with Crippen LogP contribution in [0.15, 0.2) is 42.5 Å². The molecule has 1 heterocycles. The quantitative estimate of drug-likeness (QED) is 0.888. The first-order valence-electron chi connectivity index (χ1n) is 6.04. The van der Waals surface area contributed by atoms with E-state index < -0.39 is 12.0 Å². The number of aliphatic carboxylic acids is 1. The van der Waals surface area contributed by atoms with Crippen molar-refractivity contribution in [3.8, 4) is 6.07 Å². The van der Waals surface area contributed by atoms with Gasteiger partial charge in [-0.2, -0.15) is 5.26 Å². The van der Waals surface area contributed by atoms with Gasteiger partial charge in [-0.15, -0.1) is 0 Å². The van der Waals surface area contributed by atoms with Crippen LogP contribution in [0.25, 0.3) is 0 Å². The van der Waals surface area contributed by atoms with Crippen molar-refractivity contribution in [2.45, 2.75) is 13.0 Å². The van der Waals surface area contributed by atoms with Crippen LogP contribution in [0.2, 0.25) is 0 Å². The zero-order valence-corrected chi connectivity index (χ0v) is 10.9. The molecule has 0 saturated heterocycles. The maximum atomic E-state index is 11.4. The fraction of sp³-hybridized carbons (Fsp3) is 0.133. The largest absolute Gasteiger partial charge is 0.479 e. The summed E-state index contributed by atoms with van der Waals surface area (Å²) in [4.78, 5) is 15.6. The Bertz CT molecular complexity index is 663. The van der Waals surface area contributed by atoms with Crippen LogP contribution in [0.3, 0.4) is 0 Å². The van der Waals surface area contributed by atoms with Crippen LogP contribution in [-0.4, -0.2) is 16.1 Å². The number of rotatable bonds is 4. The van der Waals surface area contributed by atoms with Gasteiger partial charge in [-0.05, 0) is 24.6 Å². The molecule has 1 aromatic carbocycles. The lowest BCUT2D eigenvalue weighted by Crippen LogP contribution is -2.21. The SMILES string of the molecule is Cc1ccc(C#N)c(NC(C(=O)O)c2ccccc2)n1. The number of benzene rings is 1. The van der Waals surface area contributed by atoms with E-state index in [-0.39, 0.29) is 5.82 Å². The molecule has 0 aliphatic carbocycles. The highest BCUT2D eigenvalue weighted by Gasteiger charge is 2.21. The van der Waals surface area contributed by atoms with E-state index in [9.17, 15) is 9.90 Å². The average molecular weight is 267 g/mol. The minimum atomic E-state index is -1.02. The van der Waals surface area contributed by atoms with Crippen molar-refractivity contribution < 1.29 is 9.90 Å². The molecule has 2 aromatic rings. The number of aryl methyl sites for hydroxylation is 1. The number of pyridine rings is 1. The first-order valence-corrected chi connectivity index (χ1v) is 6.04. The highest BCUT2D eigenvalue weighted by atomic mass is 16.4. The molecule has 5 nitrogen and oxygen atoms in total. The van der Waals surface area contributed by atoms with E-state index in [1.807, 2.05) is 12.1 Å². The van der Waals surface area contributed by atoms with Crippen LogP contribution in [0.1, 0.15) is 22.9 Å². The van der Waals surface area contributed by atoms with Crippen LogP contribution in [0, 0.1) is 18.3 Å². The molecule has 1 aromatic heterocycles. The van der Waals surface area contributed by atoms with Gasteiger partial charge in [-0.25, -0.2) is 9.78 Å². The second kappa shape index (κ2) is 5.85. The van der Waals surface area contributed by atoms with Crippen LogP contribution in [0.5, 0.6) is 0 Å². The third-order valence-electron chi connectivity index (χ3n) is 2.82. The summed E-state index contributed by atoms with van der Waals surface area (Å²) >= 11 is 0. The van der Waals surface area contributed by atoms with Crippen molar-refractivity contribution in [3.63, 3.8) is 0 Å². The topological polar surface area (TPSA) is 86.0 Å². The highest BCUT2D eigenvalue weighted by Crippen LogP contribution is 2.21. The molecule has 1 atom stereocenters. The van der Waals surface area contributed by atoms with Gasteiger partial charge in [0, 0.05) is 5.69 Å². The first kappa shape index (κ1) is 13.6. The minimum absolute atomic E-state index is 0.281. The molecule has 0 radical (unpaired) electrons. The molecule has 0 aliphatic rings. The van der Waals surface area contributed by atoms with Gasteiger partial charge in [0.1, 0.15) is 11.9 Å². The molecular formula is C15H13N3O2. The van der Waals surface area contributed by atoms with Gasteiger partial charge >= 0.3 is 5.97 Å². The Morgan fingerprint density at radius 3 is 2.60 bits per heavy atom. The lowest BCUT2D eigenvalue weighted by Gasteiger charge is -2.16. The smallest absolute Gasteiger partial charge is 0.330 e. The van der Waals surface area contributed by atoms with Crippen molar-refractivity contribution in [2.75, 3.05) is 5.32 Å². The molecule has 20 heavy (non-hydrogen) atoms. The second-order valence-corrected chi connectivity index (χ2v) is 4.29. The van der Waals surface area contributed by atoms with Gasteiger partial charge in [0.05, 0.1) is 5.56 Å². The van der Waals surface area contributed by atoms with E-state index in [0.29, 0.717) is 16.8 Å². The predicted octanol–water partition coefficient (Wildman–Crippen LogP) is 2.50. The number of anilines is 1.